The van der Waals surface area contributed by atoms with Crippen molar-refractivity contribution in [1.82, 2.24) is 4.90 Å². The summed E-state index contributed by atoms with van der Waals surface area (Å²) < 4.78 is 18.4. The summed E-state index contributed by atoms with van der Waals surface area (Å²) in [6, 6.07) is 3.97. The highest BCUT2D eigenvalue weighted by molar-refractivity contribution is 5.79. The number of aromatic hydroxyl groups is 1. The van der Waals surface area contributed by atoms with Gasteiger partial charge in [-0.1, -0.05) is 13.0 Å². The van der Waals surface area contributed by atoms with E-state index in [-0.39, 0.29) is 18.2 Å². The molecular weight excluding hydrogens is 301 g/mol. The van der Waals surface area contributed by atoms with Gasteiger partial charge in [0, 0.05) is 32.7 Å². The van der Waals surface area contributed by atoms with Crippen molar-refractivity contribution in [3.05, 3.63) is 29.6 Å². The van der Waals surface area contributed by atoms with Crippen LogP contribution in [0.25, 0.3) is 0 Å². The zero-order valence-corrected chi connectivity index (χ0v) is 13.6. The van der Waals surface area contributed by atoms with Crippen LogP contribution in [0.2, 0.25) is 0 Å². The van der Waals surface area contributed by atoms with Gasteiger partial charge in [-0.3, -0.25) is 4.79 Å². The molecule has 0 aliphatic carbocycles. The maximum absolute atomic E-state index is 13.3. The maximum atomic E-state index is 13.3. The van der Waals surface area contributed by atoms with Gasteiger partial charge in [0.15, 0.2) is 11.6 Å². The zero-order chi connectivity index (χ0) is 17.0. The minimum absolute atomic E-state index is 0.0492. The van der Waals surface area contributed by atoms with Crippen molar-refractivity contribution in [3.8, 4) is 5.75 Å². The molecule has 1 heterocycles. The molecule has 0 spiro atoms. The van der Waals surface area contributed by atoms with E-state index in [1.807, 2.05) is 6.92 Å². The van der Waals surface area contributed by atoms with Crippen molar-refractivity contribution in [2.75, 3.05) is 26.8 Å². The number of amides is 1. The van der Waals surface area contributed by atoms with Crippen LogP contribution >= 0.6 is 0 Å². The van der Waals surface area contributed by atoms with Crippen molar-refractivity contribution in [2.45, 2.75) is 31.8 Å². The molecule has 1 aliphatic rings. The Hall–Kier alpha value is -1.66. The molecule has 1 aliphatic heterocycles. The number of likely N-dealkylation sites (tertiary alicyclic amines) is 1. The molecule has 5 nitrogen and oxygen atoms in total. The normalized spacial score (nSPS) is 24.7. The molecule has 0 radical (unpaired) electrons. The molecule has 0 unspecified atom stereocenters. The Morgan fingerprint density at radius 2 is 2.26 bits per heavy atom. The van der Waals surface area contributed by atoms with Gasteiger partial charge in [0.1, 0.15) is 0 Å². The highest BCUT2D eigenvalue weighted by Crippen LogP contribution is 2.31. The van der Waals surface area contributed by atoms with Gasteiger partial charge in [-0.15, -0.1) is 0 Å². The third-order valence-corrected chi connectivity index (χ3v) is 4.69. The number of carbonyl (C=O) groups excluding carboxylic acids is 1. The minimum Gasteiger partial charge on any atom is -0.505 e. The molecule has 0 aromatic heterocycles. The Bertz CT molecular complexity index is 566. The number of methoxy groups -OCH3 is 1. The zero-order valence-electron chi connectivity index (χ0n) is 13.6. The molecule has 0 saturated carbocycles. The lowest BCUT2D eigenvalue weighted by Crippen LogP contribution is -2.53. The van der Waals surface area contributed by atoms with Gasteiger partial charge in [-0.05, 0) is 30.5 Å². The number of rotatable bonds is 5. The van der Waals surface area contributed by atoms with E-state index >= 15 is 0 Å². The summed E-state index contributed by atoms with van der Waals surface area (Å²) in [5, 5.41) is 19.8. The van der Waals surface area contributed by atoms with Gasteiger partial charge in [0.05, 0.1) is 12.0 Å². The Morgan fingerprint density at radius 1 is 1.52 bits per heavy atom. The third-order valence-electron chi connectivity index (χ3n) is 4.69. The second-order valence-electron chi connectivity index (χ2n) is 6.30. The van der Waals surface area contributed by atoms with Crippen LogP contribution in [0.4, 0.5) is 4.39 Å². The van der Waals surface area contributed by atoms with Crippen molar-refractivity contribution in [3.63, 3.8) is 0 Å². The predicted octanol–water partition coefficient (Wildman–Crippen LogP) is 1.71. The summed E-state index contributed by atoms with van der Waals surface area (Å²) in [6.07, 6.45) is 1.14. The number of aliphatic hydroxyl groups is 1. The highest BCUT2D eigenvalue weighted by Gasteiger charge is 2.39. The van der Waals surface area contributed by atoms with E-state index < -0.39 is 17.2 Å². The van der Waals surface area contributed by atoms with Gasteiger partial charge in [-0.2, -0.15) is 0 Å². The van der Waals surface area contributed by atoms with Gasteiger partial charge in [-0.25, -0.2) is 4.39 Å². The number of carbonyl (C=O) groups is 1. The van der Waals surface area contributed by atoms with Crippen LogP contribution in [0, 0.1) is 11.7 Å². The Balaban J connectivity index is 1.95. The van der Waals surface area contributed by atoms with E-state index in [0.29, 0.717) is 38.1 Å². The number of hydrogen-bond donors (Lipinski definition) is 2. The summed E-state index contributed by atoms with van der Waals surface area (Å²) in [6.45, 7) is 3.36. The Morgan fingerprint density at radius 3 is 2.87 bits per heavy atom. The molecule has 6 heteroatoms. The van der Waals surface area contributed by atoms with E-state index in [2.05, 4.69) is 0 Å². The summed E-state index contributed by atoms with van der Waals surface area (Å²) in [7, 11) is 1.60. The number of hydrogen-bond acceptors (Lipinski definition) is 4. The number of halogens is 1. The Labute approximate surface area is 135 Å². The second kappa shape index (κ2) is 7.27. The smallest absolute Gasteiger partial charge is 0.227 e. The number of phenolic OH excluding ortho intramolecular Hbond substituents is 1. The van der Waals surface area contributed by atoms with E-state index in [4.69, 9.17) is 4.74 Å². The van der Waals surface area contributed by atoms with Crippen LogP contribution in [-0.4, -0.2) is 53.4 Å². The molecule has 2 N–H and O–H groups in total. The lowest BCUT2D eigenvalue weighted by molar-refractivity contribution is -0.139. The van der Waals surface area contributed by atoms with E-state index in [1.54, 1.807) is 18.1 Å². The number of piperidine rings is 1. The molecular formula is C17H24FNO4. The van der Waals surface area contributed by atoms with Crippen LogP contribution in [0.15, 0.2) is 18.2 Å². The van der Waals surface area contributed by atoms with E-state index in [9.17, 15) is 19.4 Å². The molecule has 1 aromatic carbocycles. The number of nitrogens with zero attached hydrogens (tertiary/aromatic N) is 1. The van der Waals surface area contributed by atoms with Crippen molar-refractivity contribution >= 4 is 5.91 Å². The van der Waals surface area contributed by atoms with Gasteiger partial charge < -0.3 is 19.8 Å². The standard InChI is InChI=1S/C17H24FNO4/c1-12-11-19(7-5-17(12,22)6-8-23-2)16(21)10-13-3-4-15(20)14(18)9-13/h3-4,9,12,20,22H,5-8,10-11H2,1-2H3/t12-,17-/m1/s1. The predicted molar refractivity (Wildman–Crippen MR) is 83.6 cm³/mol. The van der Waals surface area contributed by atoms with E-state index in [0.717, 1.165) is 0 Å². The number of phenols is 1. The molecule has 2 atom stereocenters. The van der Waals surface area contributed by atoms with Crippen molar-refractivity contribution < 1.29 is 24.1 Å². The average Bonchev–Trinajstić information content (AvgIpc) is 2.52. The molecule has 0 bridgehead atoms. The fourth-order valence-corrected chi connectivity index (χ4v) is 2.99. The topological polar surface area (TPSA) is 70.0 Å². The molecule has 2 rings (SSSR count). The first kappa shape index (κ1) is 17.7. The molecule has 128 valence electrons. The largest absolute Gasteiger partial charge is 0.505 e. The quantitative estimate of drug-likeness (QED) is 0.865. The molecule has 1 aromatic rings. The maximum Gasteiger partial charge on any atom is 0.227 e. The third kappa shape index (κ3) is 4.20. The Kier molecular flexibility index (Phi) is 5.59. The van der Waals surface area contributed by atoms with E-state index in [1.165, 1.54) is 12.1 Å². The monoisotopic (exact) mass is 325 g/mol. The summed E-state index contributed by atoms with van der Waals surface area (Å²) in [5.74, 6) is -1.30. The summed E-state index contributed by atoms with van der Waals surface area (Å²) in [5.41, 5.74) is -0.282. The number of benzene rings is 1. The van der Waals surface area contributed by atoms with Crippen LogP contribution in [0.5, 0.6) is 5.75 Å². The van der Waals surface area contributed by atoms with Gasteiger partial charge >= 0.3 is 0 Å². The summed E-state index contributed by atoms with van der Waals surface area (Å²) >= 11 is 0. The van der Waals surface area contributed by atoms with Crippen LogP contribution in [-0.2, 0) is 16.0 Å². The molecule has 1 fully saturated rings. The van der Waals surface area contributed by atoms with Crippen LogP contribution in [0.1, 0.15) is 25.3 Å². The van der Waals surface area contributed by atoms with Crippen LogP contribution < -0.4 is 0 Å². The fourth-order valence-electron chi connectivity index (χ4n) is 2.99. The fraction of sp³-hybridized carbons (Fsp3) is 0.588. The lowest BCUT2D eigenvalue weighted by Gasteiger charge is -2.43. The van der Waals surface area contributed by atoms with Gasteiger partial charge in [0.2, 0.25) is 5.91 Å². The second-order valence-corrected chi connectivity index (χ2v) is 6.30. The first-order chi connectivity index (χ1) is 10.9. The van der Waals surface area contributed by atoms with Crippen molar-refractivity contribution in [2.24, 2.45) is 5.92 Å². The SMILES string of the molecule is COCC[C@]1(O)CCN(C(=O)Cc2ccc(O)c(F)c2)C[C@H]1C. The first-order valence-corrected chi connectivity index (χ1v) is 7.82. The molecule has 23 heavy (non-hydrogen) atoms. The molecule has 1 saturated heterocycles. The lowest BCUT2D eigenvalue weighted by atomic mass is 9.79. The first-order valence-electron chi connectivity index (χ1n) is 7.82. The highest BCUT2D eigenvalue weighted by atomic mass is 19.1. The summed E-state index contributed by atoms with van der Waals surface area (Å²) in [4.78, 5) is 14.1. The van der Waals surface area contributed by atoms with Crippen molar-refractivity contribution in [1.29, 1.82) is 0 Å². The average molecular weight is 325 g/mol. The number of ether oxygens (including phenoxy) is 1. The van der Waals surface area contributed by atoms with Gasteiger partial charge in [0.25, 0.3) is 0 Å². The minimum atomic E-state index is -0.808. The van der Waals surface area contributed by atoms with Crippen LogP contribution in [0.3, 0.4) is 0 Å². The molecule has 1 amide bonds.